The number of carbonyl (C=O) groups excluding carboxylic acids is 2. The number of methoxy groups -OCH3 is 1. The largest absolute Gasteiger partial charge is 0.497 e. The highest BCUT2D eigenvalue weighted by Crippen LogP contribution is 2.35. The summed E-state index contributed by atoms with van der Waals surface area (Å²) >= 11 is 6.16. The van der Waals surface area contributed by atoms with Gasteiger partial charge < -0.3 is 15.4 Å². The van der Waals surface area contributed by atoms with Gasteiger partial charge in [0.15, 0.2) is 0 Å². The Labute approximate surface area is 236 Å². The fourth-order valence-electron chi connectivity index (χ4n) is 5.51. The Kier molecular flexibility index (Phi) is 9.31. The van der Waals surface area contributed by atoms with Crippen LogP contribution in [0.25, 0.3) is 0 Å². The molecule has 0 saturated carbocycles. The normalized spacial score (nSPS) is 15.9. The smallest absolute Gasteiger partial charge is 0.223 e. The molecule has 6 nitrogen and oxygen atoms in total. The van der Waals surface area contributed by atoms with E-state index in [4.69, 9.17) is 22.1 Å². The maximum absolute atomic E-state index is 13.5. The predicted octanol–water partition coefficient (Wildman–Crippen LogP) is 5.34. The molecule has 0 aromatic heterocycles. The minimum Gasteiger partial charge on any atom is -0.497 e. The molecule has 1 aliphatic rings. The molecule has 0 radical (unpaired) electrons. The van der Waals surface area contributed by atoms with Crippen molar-refractivity contribution in [2.24, 2.45) is 17.1 Å². The summed E-state index contributed by atoms with van der Waals surface area (Å²) in [5.41, 5.74) is 8.64. The lowest BCUT2D eigenvalue weighted by Crippen LogP contribution is -2.51. The van der Waals surface area contributed by atoms with Gasteiger partial charge >= 0.3 is 0 Å². The second-order valence-corrected chi connectivity index (χ2v) is 11.4. The van der Waals surface area contributed by atoms with Crippen molar-refractivity contribution >= 4 is 23.4 Å². The lowest BCUT2D eigenvalue weighted by Gasteiger charge is -2.41. The van der Waals surface area contributed by atoms with Crippen molar-refractivity contribution < 1.29 is 14.3 Å². The summed E-state index contributed by atoms with van der Waals surface area (Å²) < 4.78 is 5.24. The van der Waals surface area contributed by atoms with Crippen molar-refractivity contribution in [3.8, 4) is 5.75 Å². The van der Waals surface area contributed by atoms with Gasteiger partial charge in [-0.15, -0.1) is 0 Å². The maximum atomic E-state index is 13.5. The van der Waals surface area contributed by atoms with E-state index < -0.39 is 11.3 Å². The molecule has 1 saturated heterocycles. The number of piperazine rings is 1. The van der Waals surface area contributed by atoms with Crippen molar-refractivity contribution in [3.63, 3.8) is 0 Å². The molecular formula is C32H38ClN3O3. The number of hydrogen-bond donors (Lipinski definition) is 1. The highest BCUT2D eigenvalue weighted by Gasteiger charge is 2.38. The monoisotopic (exact) mass is 547 g/mol. The number of rotatable bonds is 10. The second-order valence-electron chi connectivity index (χ2n) is 11.0. The minimum absolute atomic E-state index is 0.0587. The van der Waals surface area contributed by atoms with Crippen LogP contribution >= 0.6 is 11.6 Å². The van der Waals surface area contributed by atoms with Gasteiger partial charge in [0.25, 0.3) is 0 Å². The van der Waals surface area contributed by atoms with E-state index in [1.165, 1.54) is 11.1 Å². The van der Waals surface area contributed by atoms with Crippen LogP contribution in [0.4, 0.5) is 0 Å². The summed E-state index contributed by atoms with van der Waals surface area (Å²) in [6, 6.07) is 26.1. The second kappa shape index (κ2) is 12.7. The van der Waals surface area contributed by atoms with E-state index >= 15 is 0 Å². The van der Waals surface area contributed by atoms with Crippen LogP contribution in [0.1, 0.15) is 43.0 Å². The van der Waals surface area contributed by atoms with Gasteiger partial charge in [-0.1, -0.05) is 80.0 Å². The molecule has 7 heteroatoms. The molecule has 0 bridgehead atoms. The van der Waals surface area contributed by atoms with Crippen LogP contribution in [0, 0.1) is 11.3 Å². The van der Waals surface area contributed by atoms with Gasteiger partial charge in [0, 0.05) is 43.5 Å². The van der Waals surface area contributed by atoms with Crippen LogP contribution in [0.15, 0.2) is 78.9 Å². The first-order valence-electron chi connectivity index (χ1n) is 13.4. The molecule has 1 aliphatic heterocycles. The Hall–Kier alpha value is -3.35. The summed E-state index contributed by atoms with van der Waals surface area (Å²) in [6.45, 7) is 6.69. The van der Waals surface area contributed by atoms with Crippen LogP contribution in [-0.2, 0) is 16.0 Å². The highest BCUT2D eigenvalue weighted by atomic mass is 35.5. The first-order chi connectivity index (χ1) is 18.7. The summed E-state index contributed by atoms with van der Waals surface area (Å²) in [6.07, 6.45) is 0.739. The molecule has 0 spiro atoms. The lowest BCUT2D eigenvalue weighted by atomic mass is 9.72. The molecule has 1 heterocycles. The fraction of sp³-hybridized carbons (Fsp3) is 0.375. The van der Waals surface area contributed by atoms with Crippen molar-refractivity contribution in [3.05, 3.63) is 101 Å². The number of carbonyl (C=O) groups is 2. The quantitative estimate of drug-likeness (QED) is 0.371. The van der Waals surface area contributed by atoms with E-state index in [1.807, 2.05) is 61.2 Å². The summed E-state index contributed by atoms with van der Waals surface area (Å²) in [5.74, 6) is -0.0393. The van der Waals surface area contributed by atoms with Gasteiger partial charge in [-0.05, 0) is 52.8 Å². The Morgan fingerprint density at radius 1 is 0.897 bits per heavy atom. The Bertz CT molecular complexity index is 1240. The van der Waals surface area contributed by atoms with Gasteiger partial charge in [0.1, 0.15) is 5.75 Å². The summed E-state index contributed by atoms with van der Waals surface area (Å²) in [5, 5.41) is 0.713. The summed E-state index contributed by atoms with van der Waals surface area (Å²) in [4.78, 5) is 30.3. The minimum atomic E-state index is -0.587. The number of nitrogens with two attached hydrogens (primary N) is 1. The molecule has 2 amide bonds. The summed E-state index contributed by atoms with van der Waals surface area (Å²) in [7, 11) is 1.62. The average Bonchev–Trinajstić information content (AvgIpc) is 2.93. The third-order valence-electron chi connectivity index (χ3n) is 7.83. The van der Waals surface area contributed by atoms with Crippen molar-refractivity contribution in [2.45, 2.75) is 32.7 Å². The third kappa shape index (κ3) is 7.20. The number of benzene rings is 3. The van der Waals surface area contributed by atoms with E-state index in [0.717, 1.165) is 24.4 Å². The van der Waals surface area contributed by atoms with Crippen LogP contribution in [0.3, 0.4) is 0 Å². The van der Waals surface area contributed by atoms with E-state index in [-0.39, 0.29) is 24.3 Å². The highest BCUT2D eigenvalue weighted by molar-refractivity contribution is 6.30. The molecule has 3 aromatic carbocycles. The fourth-order valence-corrected chi connectivity index (χ4v) is 5.63. The predicted molar refractivity (Wildman–Crippen MR) is 156 cm³/mol. The molecule has 2 atom stereocenters. The van der Waals surface area contributed by atoms with Crippen molar-refractivity contribution in [1.29, 1.82) is 0 Å². The van der Waals surface area contributed by atoms with E-state index in [9.17, 15) is 9.59 Å². The van der Waals surface area contributed by atoms with Crippen LogP contribution in [0.2, 0.25) is 5.02 Å². The number of amides is 2. The van der Waals surface area contributed by atoms with Crippen molar-refractivity contribution in [1.82, 2.24) is 9.80 Å². The molecule has 4 rings (SSSR count). The zero-order valence-corrected chi connectivity index (χ0v) is 23.7. The van der Waals surface area contributed by atoms with Crippen LogP contribution < -0.4 is 10.5 Å². The standard InChI is InChI=1S/C32H38ClN3O3/c1-32(2,28(31(34)38)21-23-9-15-27(39-3)16-10-23)22-29(37)35-17-19-36(20-18-35)30(24-7-5-4-6-8-24)25-11-13-26(33)14-12-25/h4-16,28,30H,17-22H2,1-3H3,(H2,34,38). The van der Waals surface area contributed by atoms with Crippen LogP contribution in [0.5, 0.6) is 5.75 Å². The third-order valence-corrected chi connectivity index (χ3v) is 8.08. The van der Waals surface area contributed by atoms with Gasteiger partial charge in [0.2, 0.25) is 11.8 Å². The molecule has 2 unspecified atom stereocenters. The number of ether oxygens (including phenoxy) is 1. The molecule has 3 aromatic rings. The Balaban J connectivity index is 1.42. The molecule has 2 N–H and O–H groups in total. The Morgan fingerprint density at radius 2 is 1.49 bits per heavy atom. The first kappa shape index (κ1) is 28.7. The molecule has 1 fully saturated rings. The van der Waals surface area contributed by atoms with Crippen molar-refractivity contribution in [2.75, 3.05) is 33.3 Å². The van der Waals surface area contributed by atoms with Gasteiger partial charge in [-0.25, -0.2) is 0 Å². The van der Waals surface area contributed by atoms with Gasteiger partial charge in [-0.3, -0.25) is 14.5 Å². The zero-order chi connectivity index (χ0) is 28.0. The molecular weight excluding hydrogens is 510 g/mol. The number of nitrogens with zero attached hydrogens (tertiary/aromatic N) is 2. The van der Waals surface area contributed by atoms with Gasteiger partial charge in [0.05, 0.1) is 13.2 Å². The average molecular weight is 548 g/mol. The molecule has 206 valence electrons. The van der Waals surface area contributed by atoms with E-state index in [1.54, 1.807) is 7.11 Å². The first-order valence-corrected chi connectivity index (χ1v) is 13.8. The molecule has 0 aliphatic carbocycles. The number of halogens is 1. The van der Waals surface area contributed by atoms with Gasteiger partial charge in [-0.2, -0.15) is 0 Å². The molecule has 39 heavy (non-hydrogen) atoms. The van der Waals surface area contributed by atoms with E-state index in [2.05, 4.69) is 41.3 Å². The maximum Gasteiger partial charge on any atom is 0.223 e. The SMILES string of the molecule is COc1ccc(CC(C(N)=O)C(C)(C)CC(=O)N2CCN(C(c3ccccc3)c3ccc(Cl)cc3)CC2)cc1. The topological polar surface area (TPSA) is 75.9 Å². The zero-order valence-electron chi connectivity index (χ0n) is 23.0. The number of hydrogen-bond acceptors (Lipinski definition) is 4. The van der Waals surface area contributed by atoms with E-state index in [0.29, 0.717) is 24.5 Å². The lowest BCUT2D eigenvalue weighted by molar-refractivity contribution is -0.137. The Morgan fingerprint density at radius 3 is 2.05 bits per heavy atom. The van der Waals surface area contributed by atoms with Crippen LogP contribution in [-0.4, -0.2) is 54.9 Å². The number of primary amides is 1.